The van der Waals surface area contributed by atoms with Crippen molar-refractivity contribution in [2.24, 2.45) is 11.7 Å². The molecule has 1 unspecified atom stereocenters. The first kappa shape index (κ1) is 11.5. The number of rotatable bonds is 2. The summed E-state index contributed by atoms with van der Waals surface area (Å²) in [5.74, 6) is 0.449. The summed E-state index contributed by atoms with van der Waals surface area (Å²) >= 11 is 1.44. The summed E-state index contributed by atoms with van der Waals surface area (Å²) in [6.45, 7) is 4.93. The predicted molar refractivity (Wildman–Crippen MR) is 67.5 cm³/mol. The van der Waals surface area contributed by atoms with E-state index in [1.165, 1.54) is 11.8 Å². The highest BCUT2D eigenvalue weighted by Gasteiger charge is 2.30. The highest BCUT2D eigenvalue weighted by Crippen LogP contribution is 2.37. The first-order valence-corrected chi connectivity index (χ1v) is 6.30. The van der Waals surface area contributed by atoms with Crippen LogP contribution in [0.4, 0.5) is 5.69 Å². The van der Waals surface area contributed by atoms with Gasteiger partial charge in [-0.2, -0.15) is 0 Å². The summed E-state index contributed by atoms with van der Waals surface area (Å²) < 4.78 is 0. The van der Waals surface area contributed by atoms with Crippen molar-refractivity contribution in [3.63, 3.8) is 0 Å². The van der Waals surface area contributed by atoms with Crippen molar-refractivity contribution in [2.75, 3.05) is 11.4 Å². The Balaban J connectivity index is 2.38. The van der Waals surface area contributed by atoms with Gasteiger partial charge in [-0.05, 0) is 18.1 Å². The monoisotopic (exact) mass is 236 g/mol. The average molecular weight is 236 g/mol. The lowest BCUT2D eigenvalue weighted by Crippen LogP contribution is -2.46. The van der Waals surface area contributed by atoms with Crippen molar-refractivity contribution < 1.29 is 4.79 Å². The second-order valence-electron chi connectivity index (χ2n) is 4.35. The Bertz CT molecular complexity index is 406. The quantitative estimate of drug-likeness (QED) is 0.855. The number of anilines is 1. The Labute approximate surface area is 100.0 Å². The molecule has 1 aromatic rings. The van der Waals surface area contributed by atoms with Gasteiger partial charge in [0.1, 0.15) is 5.37 Å². The van der Waals surface area contributed by atoms with Gasteiger partial charge in [-0.25, -0.2) is 0 Å². The first-order chi connectivity index (χ1) is 7.59. The third-order valence-corrected chi connectivity index (χ3v) is 3.52. The zero-order valence-electron chi connectivity index (χ0n) is 9.51. The number of fused-ring (bicyclic) bond motifs is 1. The van der Waals surface area contributed by atoms with E-state index in [4.69, 9.17) is 5.73 Å². The SMILES string of the molecule is CC(C)CN1C(=O)C(N)Sc2ccccc21. The standard InChI is InChI=1S/C12H16N2OS/c1-8(2)7-14-9-5-3-4-6-10(9)16-11(13)12(14)15/h3-6,8,11H,7,13H2,1-2H3. The number of nitrogens with two attached hydrogens (primary N) is 1. The number of hydrogen-bond donors (Lipinski definition) is 1. The van der Waals surface area contributed by atoms with Crippen LogP contribution < -0.4 is 10.6 Å². The maximum Gasteiger partial charge on any atom is 0.254 e. The van der Waals surface area contributed by atoms with Crippen molar-refractivity contribution in [1.82, 2.24) is 0 Å². The van der Waals surface area contributed by atoms with Gasteiger partial charge in [0.05, 0.1) is 5.69 Å². The van der Waals surface area contributed by atoms with Crippen molar-refractivity contribution in [3.05, 3.63) is 24.3 Å². The van der Waals surface area contributed by atoms with Crippen LogP contribution >= 0.6 is 11.8 Å². The van der Waals surface area contributed by atoms with Crippen LogP contribution in [0.15, 0.2) is 29.2 Å². The van der Waals surface area contributed by atoms with Crippen LogP contribution in [-0.2, 0) is 4.79 Å². The smallest absolute Gasteiger partial charge is 0.254 e. The molecule has 86 valence electrons. The lowest BCUT2D eigenvalue weighted by Gasteiger charge is -2.33. The molecule has 0 aromatic heterocycles. The van der Waals surface area contributed by atoms with E-state index in [0.717, 1.165) is 17.1 Å². The van der Waals surface area contributed by atoms with Gasteiger partial charge in [-0.15, -0.1) is 0 Å². The molecule has 16 heavy (non-hydrogen) atoms. The third-order valence-electron chi connectivity index (χ3n) is 2.47. The van der Waals surface area contributed by atoms with Crippen LogP contribution in [0.3, 0.4) is 0 Å². The van der Waals surface area contributed by atoms with Crippen molar-refractivity contribution in [3.8, 4) is 0 Å². The second kappa shape index (κ2) is 4.47. The van der Waals surface area contributed by atoms with Crippen LogP contribution in [0.5, 0.6) is 0 Å². The Morgan fingerprint density at radius 1 is 1.44 bits per heavy atom. The van der Waals surface area contributed by atoms with Crippen LogP contribution in [0.2, 0.25) is 0 Å². The Hall–Kier alpha value is -1.00. The molecular formula is C12H16N2OS. The van der Waals surface area contributed by atoms with Gasteiger partial charge < -0.3 is 10.6 Å². The van der Waals surface area contributed by atoms with E-state index in [9.17, 15) is 4.79 Å². The zero-order chi connectivity index (χ0) is 11.7. The highest BCUT2D eigenvalue weighted by molar-refractivity contribution is 8.00. The number of carbonyl (C=O) groups excluding carboxylic acids is 1. The first-order valence-electron chi connectivity index (χ1n) is 5.42. The van der Waals surface area contributed by atoms with Crippen LogP contribution in [0.1, 0.15) is 13.8 Å². The van der Waals surface area contributed by atoms with E-state index < -0.39 is 5.37 Å². The lowest BCUT2D eigenvalue weighted by atomic mass is 10.2. The molecule has 0 radical (unpaired) electrons. The van der Waals surface area contributed by atoms with E-state index in [2.05, 4.69) is 13.8 Å². The molecule has 1 aliphatic rings. The Morgan fingerprint density at radius 3 is 2.81 bits per heavy atom. The van der Waals surface area contributed by atoms with E-state index >= 15 is 0 Å². The largest absolute Gasteiger partial charge is 0.311 e. The molecule has 3 nitrogen and oxygen atoms in total. The maximum absolute atomic E-state index is 12.0. The van der Waals surface area contributed by atoms with Gasteiger partial charge in [0.15, 0.2) is 0 Å². The Kier molecular flexibility index (Phi) is 3.21. The van der Waals surface area contributed by atoms with E-state index in [1.54, 1.807) is 4.90 Å². The van der Waals surface area contributed by atoms with E-state index in [-0.39, 0.29) is 5.91 Å². The third kappa shape index (κ3) is 2.08. The minimum absolute atomic E-state index is 0.0115. The van der Waals surface area contributed by atoms with Gasteiger partial charge >= 0.3 is 0 Å². The number of para-hydroxylation sites is 1. The molecule has 0 saturated carbocycles. The number of benzene rings is 1. The molecule has 1 amide bonds. The highest BCUT2D eigenvalue weighted by atomic mass is 32.2. The minimum Gasteiger partial charge on any atom is -0.311 e. The van der Waals surface area contributed by atoms with E-state index in [1.807, 2.05) is 24.3 Å². The average Bonchev–Trinajstić information content (AvgIpc) is 2.24. The molecule has 4 heteroatoms. The van der Waals surface area contributed by atoms with Gasteiger partial charge in [0.25, 0.3) is 5.91 Å². The maximum atomic E-state index is 12.0. The molecule has 2 rings (SSSR count). The number of carbonyl (C=O) groups is 1. The second-order valence-corrected chi connectivity index (χ2v) is 5.53. The molecule has 0 fully saturated rings. The number of nitrogens with zero attached hydrogens (tertiary/aromatic N) is 1. The van der Waals surface area contributed by atoms with Gasteiger partial charge in [-0.1, -0.05) is 37.7 Å². The van der Waals surface area contributed by atoms with Crippen molar-refractivity contribution >= 4 is 23.4 Å². The van der Waals surface area contributed by atoms with E-state index in [0.29, 0.717) is 5.92 Å². The molecule has 2 N–H and O–H groups in total. The summed E-state index contributed by atoms with van der Waals surface area (Å²) in [5.41, 5.74) is 6.82. The zero-order valence-corrected chi connectivity index (χ0v) is 10.3. The predicted octanol–water partition coefficient (Wildman–Crippen LogP) is 2.07. The molecule has 1 atom stereocenters. The van der Waals surface area contributed by atoms with Crippen LogP contribution in [0, 0.1) is 5.92 Å². The van der Waals surface area contributed by atoms with Gasteiger partial charge in [-0.3, -0.25) is 4.79 Å². The molecule has 0 saturated heterocycles. The molecule has 0 bridgehead atoms. The fraction of sp³-hybridized carbons (Fsp3) is 0.417. The summed E-state index contributed by atoms with van der Waals surface area (Å²) in [5, 5.41) is -0.464. The van der Waals surface area contributed by atoms with Crippen molar-refractivity contribution in [1.29, 1.82) is 0 Å². The summed E-state index contributed by atoms with van der Waals surface area (Å²) in [6, 6.07) is 7.92. The fourth-order valence-corrected chi connectivity index (χ4v) is 2.75. The molecule has 1 aromatic carbocycles. The topological polar surface area (TPSA) is 46.3 Å². The molecule has 1 heterocycles. The van der Waals surface area contributed by atoms with Crippen LogP contribution in [0.25, 0.3) is 0 Å². The molecule has 0 spiro atoms. The Morgan fingerprint density at radius 2 is 2.12 bits per heavy atom. The van der Waals surface area contributed by atoms with Crippen LogP contribution in [-0.4, -0.2) is 17.8 Å². The number of thioether (sulfide) groups is 1. The van der Waals surface area contributed by atoms with Gasteiger partial charge in [0, 0.05) is 11.4 Å². The lowest BCUT2D eigenvalue weighted by molar-refractivity contribution is -0.118. The number of hydrogen-bond acceptors (Lipinski definition) is 3. The summed E-state index contributed by atoms with van der Waals surface area (Å²) in [6.07, 6.45) is 0. The summed E-state index contributed by atoms with van der Waals surface area (Å²) in [7, 11) is 0. The fourth-order valence-electron chi connectivity index (χ4n) is 1.79. The molecule has 0 aliphatic carbocycles. The van der Waals surface area contributed by atoms with Crippen molar-refractivity contribution in [2.45, 2.75) is 24.1 Å². The molecular weight excluding hydrogens is 220 g/mol. The minimum atomic E-state index is -0.464. The number of amides is 1. The normalized spacial score (nSPS) is 20.1. The summed E-state index contributed by atoms with van der Waals surface area (Å²) in [4.78, 5) is 14.9. The van der Waals surface area contributed by atoms with Gasteiger partial charge in [0.2, 0.25) is 0 Å². The molecule has 1 aliphatic heterocycles.